The molecule has 0 unspecified atom stereocenters. The molecule has 0 saturated carbocycles. The van der Waals surface area contributed by atoms with Gasteiger partial charge < -0.3 is 5.32 Å². The number of rotatable bonds is 6. The first-order chi connectivity index (χ1) is 11.7. The number of halogens is 1. The van der Waals surface area contributed by atoms with Gasteiger partial charge in [-0.25, -0.2) is 4.39 Å². The van der Waals surface area contributed by atoms with Gasteiger partial charge in [-0.15, -0.1) is 0 Å². The quantitative estimate of drug-likeness (QED) is 0.489. The maximum Gasteiger partial charge on any atom is 0.322 e. The largest absolute Gasteiger partial charge is 0.348 e. The van der Waals surface area contributed by atoms with Gasteiger partial charge in [-0.05, 0) is 38.1 Å². The molecular weight excluding hydrogens is 331 g/mol. The third kappa shape index (κ3) is 4.06. The first-order valence-corrected chi connectivity index (χ1v) is 7.48. The molecule has 0 aliphatic carbocycles. The Labute approximate surface area is 142 Å². The number of hydrogen-bond acceptors (Lipinski definition) is 5. The van der Waals surface area contributed by atoms with Crippen LogP contribution in [0.5, 0.6) is 0 Å². The van der Waals surface area contributed by atoms with Crippen LogP contribution in [0.1, 0.15) is 39.9 Å². The third-order valence-electron chi connectivity index (χ3n) is 3.62. The molecule has 25 heavy (non-hydrogen) atoms. The van der Waals surface area contributed by atoms with Gasteiger partial charge in [0.15, 0.2) is 5.78 Å². The molecule has 0 spiro atoms. The Hall–Kier alpha value is -3.10. The smallest absolute Gasteiger partial charge is 0.322 e. The van der Waals surface area contributed by atoms with Gasteiger partial charge in [0, 0.05) is 25.1 Å². The Morgan fingerprint density at radius 3 is 2.52 bits per heavy atom. The predicted molar refractivity (Wildman–Crippen MR) is 86.9 cm³/mol. The van der Waals surface area contributed by atoms with E-state index in [0.717, 1.165) is 4.68 Å². The molecule has 0 aliphatic heterocycles. The second-order valence-electron chi connectivity index (χ2n) is 5.67. The van der Waals surface area contributed by atoms with Gasteiger partial charge in [0.2, 0.25) is 5.69 Å². The Morgan fingerprint density at radius 2 is 1.96 bits per heavy atom. The summed E-state index contributed by atoms with van der Waals surface area (Å²) < 4.78 is 14.0. The van der Waals surface area contributed by atoms with Gasteiger partial charge in [-0.3, -0.25) is 24.4 Å². The molecule has 0 aliphatic rings. The molecule has 1 aromatic heterocycles. The fourth-order valence-corrected chi connectivity index (χ4v) is 2.49. The highest BCUT2D eigenvalue weighted by Crippen LogP contribution is 2.22. The number of hydrogen-bond donors (Lipinski definition) is 1. The van der Waals surface area contributed by atoms with Crippen LogP contribution in [0.3, 0.4) is 0 Å². The van der Waals surface area contributed by atoms with Crippen LogP contribution in [0.4, 0.5) is 10.1 Å². The number of ketones is 1. The number of carbonyl (C=O) groups is 2. The number of benzene rings is 1. The first kappa shape index (κ1) is 18.2. The summed E-state index contributed by atoms with van der Waals surface area (Å²) in [6.45, 7) is 3.05. The van der Waals surface area contributed by atoms with Gasteiger partial charge in [0.25, 0.3) is 5.91 Å². The van der Waals surface area contributed by atoms with Crippen molar-refractivity contribution < 1.29 is 18.9 Å². The third-order valence-corrected chi connectivity index (χ3v) is 3.62. The molecule has 132 valence electrons. The lowest BCUT2D eigenvalue weighted by atomic mass is 10.0. The lowest BCUT2D eigenvalue weighted by molar-refractivity contribution is -0.385. The van der Waals surface area contributed by atoms with E-state index < -0.39 is 22.7 Å². The molecule has 1 atom stereocenters. The van der Waals surface area contributed by atoms with Crippen molar-refractivity contribution in [2.75, 3.05) is 0 Å². The highest BCUT2D eigenvalue weighted by Gasteiger charge is 2.30. The fourth-order valence-electron chi connectivity index (χ4n) is 2.49. The molecule has 1 amide bonds. The summed E-state index contributed by atoms with van der Waals surface area (Å²) in [5.74, 6) is -1.41. The zero-order valence-electron chi connectivity index (χ0n) is 13.9. The monoisotopic (exact) mass is 348 g/mol. The molecule has 2 aromatic rings. The first-order valence-electron chi connectivity index (χ1n) is 7.48. The van der Waals surface area contributed by atoms with E-state index in [2.05, 4.69) is 10.4 Å². The van der Waals surface area contributed by atoms with Crippen molar-refractivity contribution in [3.63, 3.8) is 0 Å². The summed E-state index contributed by atoms with van der Waals surface area (Å²) in [5, 5.41) is 17.6. The highest BCUT2D eigenvalue weighted by molar-refractivity contribution is 5.99. The van der Waals surface area contributed by atoms with Crippen LogP contribution in [0.25, 0.3) is 0 Å². The minimum atomic E-state index is -0.686. The number of carbonyl (C=O) groups excluding carboxylic acids is 2. The van der Waals surface area contributed by atoms with Crippen molar-refractivity contribution in [2.45, 2.75) is 26.3 Å². The zero-order chi connectivity index (χ0) is 18.7. The molecule has 1 aromatic carbocycles. The maximum absolute atomic E-state index is 12.9. The average Bonchev–Trinajstić information content (AvgIpc) is 2.82. The van der Waals surface area contributed by atoms with Crippen LogP contribution < -0.4 is 5.32 Å². The van der Waals surface area contributed by atoms with E-state index in [-0.39, 0.29) is 29.3 Å². The number of nitro groups is 1. The fraction of sp³-hybridized carbons (Fsp3) is 0.312. The predicted octanol–water partition coefficient (Wildman–Crippen LogP) is 2.17. The van der Waals surface area contributed by atoms with Crippen LogP contribution in [0, 0.1) is 22.9 Å². The molecule has 0 radical (unpaired) electrons. The van der Waals surface area contributed by atoms with Crippen molar-refractivity contribution in [1.29, 1.82) is 0 Å². The van der Waals surface area contributed by atoms with Crippen molar-refractivity contribution in [1.82, 2.24) is 15.1 Å². The SMILES string of the molecule is Cc1nn(C)c(C(=O)N[C@H](C)CC(=O)c2ccc(F)cc2)c1[N+](=O)[O-]. The molecule has 8 nitrogen and oxygen atoms in total. The number of Topliss-reactive ketones (excluding diaryl/α,β-unsaturated/α-hetero) is 1. The van der Waals surface area contributed by atoms with E-state index >= 15 is 0 Å². The van der Waals surface area contributed by atoms with Crippen molar-refractivity contribution in [3.05, 3.63) is 57.1 Å². The number of amides is 1. The summed E-state index contributed by atoms with van der Waals surface area (Å²) in [6, 6.07) is 4.51. The number of nitrogens with one attached hydrogen (secondary N) is 1. The minimum Gasteiger partial charge on any atom is -0.348 e. The van der Waals surface area contributed by atoms with E-state index in [1.165, 1.54) is 38.2 Å². The average molecular weight is 348 g/mol. The van der Waals surface area contributed by atoms with Crippen molar-refractivity contribution in [2.24, 2.45) is 7.05 Å². The lowest BCUT2D eigenvalue weighted by Gasteiger charge is -2.13. The van der Waals surface area contributed by atoms with E-state index in [4.69, 9.17) is 0 Å². The number of aromatic nitrogens is 2. The molecular formula is C16H17FN4O4. The Bertz CT molecular complexity index is 829. The zero-order valence-corrected chi connectivity index (χ0v) is 13.9. The molecule has 0 fully saturated rings. The molecule has 2 rings (SSSR count). The van der Waals surface area contributed by atoms with E-state index in [1.54, 1.807) is 6.92 Å². The number of aryl methyl sites for hydroxylation is 2. The maximum atomic E-state index is 12.9. The minimum absolute atomic E-state index is 0.0258. The highest BCUT2D eigenvalue weighted by atomic mass is 19.1. The van der Waals surface area contributed by atoms with Gasteiger partial charge in [0.05, 0.1) is 4.92 Å². The van der Waals surface area contributed by atoms with Gasteiger partial charge in [0.1, 0.15) is 11.5 Å². The summed E-state index contributed by atoms with van der Waals surface area (Å²) in [5.41, 5.74) is -0.0850. The molecule has 1 heterocycles. The van der Waals surface area contributed by atoms with Crippen LogP contribution in [0.2, 0.25) is 0 Å². The number of nitrogens with zero attached hydrogens (tertiary/aromatic N) is 3. The summed E-state index contributed by atoms with van der Waals surface area (Å²) in [7, 11) is 1.43. The summed E-state index contributed by atoms with van der Waals surface area (Å²) >= 11 is 0. The van der Waals surface area contributed by atoms with Gasteiger partial charge in [-0.2, -0.15) is 5.10 Å². The van der Waals surface area contributed by atoms with E-state index in [1.807, 2.05) is 0 Å². The molecule has 9 heteroatoms. The topological polar surface area (TPSA) is 107 Å². The Kier molecular flexibility index (Phi) is 5.26. The Balaban J connectivity index is 2.09. The second kappa shape index (κ2) is 7.20. The van der Waals surface area contributed by atoms with Crippen molar-refractivity contribution in [3.8, 4) is 0 Å². The van der Waals surface area contributed by atoms with E-state index in [0.29, 0.717) is 5.56 Å². The standard InChI is InChI=1S/C16H17FN4O4/c1-9(8-13(22)11-4-6-12(17)7-5-11)18-16(23)15-14(21(24)25)10(2)19-20(15)3/h4-7,9H,8H2,1-3H3,(H,18,23)/t9-/m1/s1. The summed E-state index contributed by atoms with van der Waals surface area (Å²) in [4.78, 5) is 34.9. The summed E-state index contributed by atoms with van der Waals surface area (Å²) in [6.07, 6.45) is -0.0258. The molecule has 0 saturated heterocycles. The molecule has 0 bridgehead atoms. The lowest BCUT2D eigenvalue weighted by Crippen LogP contribution is -2.35. The van der Waals surface area contributed by atoms with Gasteiger partial charge >= 0.3 is 5.69 Å². The van der Waals surface area contributed by atoms with Crippen LogP contribution >= 0.6 is 0 Å². The van der Waals surface area contributed by atoms with Gasteiger partial charge in [-0.1, -0.05) is 0 Å². The Morgan fingerprint density at radius 1 is 1.36 bits per heavy atom. The molecule has 1 N–H and O–H groups in total. The van der Waals surface area contributed by atoms with Crippen LogP contribution in [-0.4, -0.2) is 32.4 Å². The normalized spacial score (nSPS) is 11.8. The van der Waals surface area contributed by atoms with Crippen LogP contribution in [-0.2, 0) is 7.05 Å². The second-order valence-corrected chi connectivity index (χ2v) is 5.67. The van der Waals surface area contributed by atoms with E-state index in [9.17, 15) is 24.1 Å². The van der Waals surface area contributed by atoms with Crippen LogP contribution in [0.15, 0.2) is 24.3 Å². The van der Waals surface area contributed by atoms with Crippen molar-refractivity contribution >= 4 is 17.4 Å².